The van der Waals surface area contributed by atoms with E-state index in [9.17, 15) is 17.6 Å². The molecular weight excluding hydrogens is 288 g/mol. The van der Waals surface area contributed by atoms with Crippen LogP contribution in [0.3, 0.4) is 0 Å². The van der Waals surface area contributed by atoms with Crippen LogP contribution in [-0.2, 0) is 6.42 Å². The molecule has 2 rings (SSSR count). The lowest BCUT2D eigenvalue weighted by atomic mass is 10.1. The Morgan fingerprint density at radius 3 is 2.48 bits per heavy atom. The number of rotatable bonds is 3. The molecule has 0 N–H and O–H groups in total. The molecule has 1 heterocycles. The lowest BCUT2D eigenvalue weighted by molar-refractivity contribution is -0.275. The van der Waals surface area contributed by atoms with E-state index in [1.807, 2.05) is 6.07 Å². The Hall–Kier alpha value is -2.62. The van der Waals surface area contributed by atoms with E-state index in [1.165, 1.54) is 12.3 Å². The van der Waals surface area contributed by atoms with Crippen LogP contribution in [0.2, 0.25) is 0 Å². The highest BCUT2D eigenvalue weighted by Gasteiger charge is 2.32. The average molecular weight is 296 g/mol. The van der Waals surface area contributed by atoms with E-state index < -0.39 is 17.9 Å². The summed E-state index contributed by atoms with van der Waals surface area (Å²) in [5.74, 6) is -1.97. The minimum absolute atomic E-state index is 0.231. The fraction of sp³-hybridized carbons (Fsp3) is 0.143. The van der Waals surface area contributed by atoms with Gasteiger partial charge in [-0.3, -0.25) is 4.98 Å². The molecule has 108 valence electrons. The van der Waals surface area contributed by atoms with Crippen LogP contribution in [0, 0.1) is 17.1 Å². The Morgan fingerprint density at radius 2 is 1.95 bits per heavy atom. The predicted molar refractivity (Wildman–Crippen MR) is 64.8 cm³/mol. The molecule has 0 bridgehead atoms. The molecule has 1 aromatic carbocycles. The molecule has 0 fully saturated rings. The number of halogens is 4. The molecule has 7 heteroatoms. The van der Waals surface area contributed by atoms with Crippen molar-refractivity contribution in [2.75, 3.05) is 0 Å². The molecule has 2 aromatic rings. The highest BCUT2D eigenvalue weighted by molar-refractivity contribution is 5.33. The highest BCUT2D eigenvalue weighted by Crippen LogP contribution is 2.26. The summed E-state index contributed by atoms with van der Waals surface area (Å²) in [6.07, 6.45) is -3.33. The number of nitrogens with zero attached hydrogens (tertiary/aromatic N) is 2. The van der Waals surface area contributed by atoms with E-state index >= 15 is 0 Å². The summed E-state index contributed by atoms with van der Waals surface area (Å²) in [7, 11) is 0. The zero-order valence-corrected chi connectivity index (χ0v) is 10.5. The lowest BCUT2D eigenvalue weighted by Gasteiger charge is -2.10. The van der Waals surface area contributed by atoms with Gasteiger partial charge in [0.2, 0.25) is 0 Å². The Morgan fingerprint density at radius 1 is 1.19 bits per heavy atom. The van der Waals surface area contributed by atoms with Crippen molar-refractivity contribution in [3.63, 3.8) is 0 Å². The SMILES string of the molecule is N#Cc1ccc(Cc2ccc(OC(F)(F)F)c(F)c2)nc1. The summed E-state index contributed by atoms with van der Waals surface area (Å²) in [6.45, 7) is 0. The van der Waals surface area contributed by atoms with E-state index in [-0.39, 0.29) is 6.42 Å². The third-order valence-electron chi connectivity index (χ3n) is 2.56. The number of ether oxygens (including phenoxy) is 1. The zero-order valence-electron chi connectivity index (χ0n) is 10.5. The maximum atomic E-state index is 13.5. The summed E-state index contributed by atoms with van der Waals surface area (Å²) in [6, 6.07) is 8.26. The Labute approximate surface area is 117 Å². The van der Waals surface area contributed by atoms with E-state index in [0.29, 0.717) is 16.8 Å². The Kier molecular flexibility index (Phi) is 4.08. The summed E-state index contributed by atoms with van der Waals surface area (Å²) in [4.78, 5) is 4.00. The van der Waals surface area contributed by atoms with Crippen molar-refractivity contribution in [2.24, 2.45) is 0 Å². The van der Waals surface area contributed by atoms with Gasteiger partial charge in [-0.05, 0) is 29.8 Å². The van der Waals surface area contributed by atoms with E-state index in [0.717, 1.165) is 12.1 Å². The van der Waals surface area contributed by atoms with Crippen LogP contribution in [0.4, 0.5) is 17.6 Å². The third-order valence-corrected chi connectivity index (χ3v) is 2.56. The van der Waals surface area contributed by atoms with Crippen LogP contribution in [0.15, 0.2) is 36.5 Å². The van der Waals surface area contributed by atoms with Crippen LogP contribution in [0.25, 0.3) is 0 Å². The summed E-state index contributed by atoms with van der Waals surface area (Å²) in [5.41, 5.74) is 1.40. The number of nitriles is 1. The topological polar surface area (TPSA) is 45.9 Å². The lowest BCUT2D eigenvalue weighted by Crippen LogP contribution is -2.18. The van der Waals surface area contributed by atoms with Crippen LogP contribution < -0.4 is 4.74 Å². The van der Waals surface area contributed by atoms with E-state index in [1.54, 1.807) is 12.1 Å². The normalized spacial score (nSPS) is 11.0. The first-order chi connectivity index (χ1) is 9.87. The molecule has 21 heavy (non-hydrogen) atoms. The van der Waals surface area contributed by atoms with Gasteiger partial charge >= 0.3 is 6.36 Å². The van der Waals surface area contributed by atoms with E-state index in [2.05, 4.69) is 9.72 Å². The van der Waals surface area contributed by atoms with Gasteiger partial charge in [0.15, 0.2) is 11.6 Å². The smallest absolute Gasteiger partial charge is 0.403 e. The van der Waals surface area contributed by atoms with Gasteiger partial charge in [-0.15, -0.1) is 13.2 Å². The first-order valence-corrected chi connectivity index (χ1v) is 5.76. The largest absolute Gasteiger partial charge is 0.573 e. The molecule has 3 nitrogen and oxygen atoms in total. The molecule has 0 unspecified atom stereocenters. The first-order valence-electron chi connectivity index (χ1n) is 5.76. The van der Waals surface area contributed by atoms with Gasteiger partial charge in [-0.25, -0.2) is 4.39 Å². The minimum Gasteiger partial charge on any atom is -0.403 e. The Bertz CT molecular complexity index is 675. The third kappa shape index (κ3) is 4.18. The van der Waals surface area contributed by atoms with Crippen molar-refractivity contribution < 1.29 is 22.3 Å². The fourth-order valence-corrected chi connectivity index (χ4v) is 1.67. The Balaban J connectivity index is 2.14. The average Bonchev–Trinajstić information content (AvgIpc) is 2.41. The van der Waals surface area contributed by atoms with Crippen molar-refractivity contribution in [2.45, 2.75) is 12.8 Å². The number of hydrogen-bond acceptors (Lipinski definition) is 3. The molecule has 1 aromatic heterocycles. The second-order valence-corrected chi connectivity index (χ2v) is 4.14. The van der Waals surface area contributed by atoms with Crippen molar-refractivity contribution in [3.05, 3.63) is 59.2 Å². The molecule has 0 saturated carbocycles. The van der Waals surface area contributed by atoms with Crippen molar-refractivity contribution in [3.8, 4) is 11.8 Å². The molecule has 0 amide bonds. The summed E-state index contributed by atoms with van der Waals surface area (Å²) >= 11 is 0. The van der Waals surface area contributed by atoms with Crippen molar-refractivity contribution >= 4 is 0 Å². The molecule has 0 aliphatic carbocycles. The zero-order chi connectivity index (χ0) is 15.5. The summed E-state index contributed by atoms with van der Waals surface area (Å²) < 4.78 is 53.1. The first kappa shape index (κ1) is 14.8. The second kappa shape index (κ2) is 5.79. The number of hydrogen-bond donors (Lipinski definition) is 0. The van der Waals surface area contributed by atoms with Gasteiger partial charge in [0, 0.05) is 18.3 Å². The standard InChI is InChI=1S/C14H8F4N2O/c15-12-6-9(2-4-13(12)21-14(16,17)18)5-11-3-1-10(7-19)8-20-11/h1-4,6,8H,5H2. The van der Waals surface area contributed by atoms with Crippen molar-refractivity contribution in [1.29, 1.82) is 5.26 Å². The molecule has 0 radical (unpaired) electrons. The predicted octanol–water partition coefficient (Wildman–Crippen LogP) is 3.58. The van der Waals surface area contributed by atoms with Crippen LogP contribution in [0.1, 0.15) is 16.8 Å². The maximum Gasteiger partial charge on any atom is 0.573 e. The van der Waals surface area contributed by atoms with Gasteiger partial charge in [0.1, 0.15) is 6.07 Å². The van der Waals surface area contributed by atoms with Gasteiger partial charge in [-0.2, -0.15) is 5.26 Å². The van der Waals surface area contributed by atoms with Crippen molar-refractivity contribution in [1.82, 2.24) is 4.98 Å². The van der Waals surface area contributed by atoms with Gasteiger partial charge in [0.25, 0.3) is 0 Å². The van der Waals surface area contributed by atoms with Gasteiger partial charge < -0.3 is 4.74 Å². The van der Waals surface area contributed by atoms with Crippen LogP contribution >= 0.6 is 0 Å². The van der Waals surface area contributed by atoms with Crippen LogP contribution in [-0.4, -0.2) is 11.3 Å². The van der Waals surface area contributed by atoms with Gasteiger partial charge in [0.05, 0.1) is 5.56 Å². The molecule has 0 aliphatic heterocycles. The molecule has 0 saturated heterocycles. The molecule has 0 atom stereocenters. The van der Waals surface area contributed by atoms with Crippen LogP contribution in [0.5, 0.6) is 5.75 Å². The summed E-state index contributed by atoms with van der Waals surface area (Å²) in [5, 5.41) is 8.63. The molecular formula is C14H8F4N2O. The molecule has 0 spiro atoms. The quantitative estimate of drug-likeness (QED) is 0.813. The second-order valence-electron chi connectivity index (χ2n) is 4.14. The fourth-order valence-electron chi connectivity index (χ4n) is 1.67. The minimum atomic E-state index is -4.93. The van der Waals surface area contributed by atoms with E-state index in [4.69, 9.17) is 5.26 Å². The highest BCUT2D eigenvalue weighted by atomic mass is 19.4. The number of benzene rings is 1. The van der Waals surface area contributed by atoms with Gasteiger partial charge in [-0.1, -0.05) is 6.07 Å². The number of alkyl halides is 3. The number of pyridine rings is 1. The monoisotopic (exact) mass is 296 g/mol. The maximum absolute atomic E-state index is 13.5. The molecule has 0 aliphatic rings. The number of aromatic nitrogens is 1.